The number of benzene rings is 2. The van der Waals surface area contributed by atoms with Crippen molar-refractivity contribution in [1.29, 1.82) is 0 Å². The van der Waals surface area contributed by atoms with Gasteiger partial charge in [0, 0.05) is 35.8 Å². The molecule has 0 radical (unpaired) electrons. The van der Waals surface area contributed by atoms with Gasteiger partial charge in [0.2, 0.25) is 0 Å². The molecule has 4 heteroatoms. The predicted octanol–water partition coefficient (Wildman–Crippen LogP) is 3.90. The molecule has 3 aromatic rings. The van der Waals surface area contributed by atoms with Gasteiger partial charge in [-0.2, -0.15) is 0 Å². The Balaban J connectivity index is 1.67. The second-order valence-corrected chi connectivity index (χ2v) is 6.13. The van der Waals surface area contributed by atoms with Crippen LogP contribution in [0.25, 0.3) is 10.9 Å². The van der Waals surface area contributed by atoms with Gasteiger partial charge in [0.25, 0.3) is 0 Å². The first-order valence-corrected chi connectivity index (χ1v) is 8.11. The van der Waals surface area contributed by atoms with E-state index >= 15 is 0 Å². The van der Waals surface area contributed by atoms with Crippen LogP contribution in [0.2, 0.25) is 0 Å². The van der Waals surface area contributed by atoms with Crippen molar-refractivity contribution in [2.45, 2.75) is 20.0 Å². The molecular formula is C20H20N2O2. The van der Waals surface area contributed by atoms with Crippen LogP contribution < -0.4 is 9.47 Å². The SMILES string of the molecule is COc1ccc2c3c(c(C)nc2c1)CN(Cc1ccccc1)CO3. The van der Waals surface area contributed by atoms with Crippen LogP contribution in [0.1, 0.15) is 16.8 Å². The Morgan fingerprint density at radius 1 is 1.17 bits per heavy atom. The number of nitrogens with zero attached hydrogens (tertiary/aromatic N) is 2. The lowest BCUT2D eigenvalue weighted by atomic mass is 10.1. The van der Waals surface area contributed by atoms with Crippen molar-refractivity contribution in [1.82, 2.24) is 9.88 Å². The third-order valence-electron chi connectivity index (χ3n) is 4.47. The van der Waals surface area contributed by atoms with Gasteiger partial charge in [0.05, 0.1) is 12.6 Å². The van der Waals surface area contributed by atoms with Crippen LogP contribution in [0.4, 0.5) is 0 Å². The lowest BCUT2D eigenvalue weighted by molar-refractivity contribution is 0.0897. The van der Waals surface area contributed by atoms with Gasteiger partial charge in [-0.3, -0.25) is 9.88 Å². The lowest BCUT2D eigenvalue weighted by Crippen LogP contribution is -2.32. The molecule has 1 aliphatic rings. The van der Waals surface area contributed by atoms with Gasteiger partial charge in [-0.15, -0.1) is 0 Å². The van der Waals surface area contributed by atoms with Gasteiger partial charge < -0.3 is 9.47 Å². The summed E-state index contributed by atoms with van der Waals surface area (Å²) in [5, 5.41) is 1.05. The van der Waals surface area contributed by atoms with Crippen LogP contribution in [-0.2, 0) is 13.1 Å². The summed E-state index contributed by atoms with van der Waals surface area (Å²) >= 11 is 0. The average Bonchev–Trinajstić information content (AvgIpc) is 2.62. The van der Waals surface area contributed by atoms with Crippen molar-refractivity contribution in [3.05, 3.63) is 65.4 Å². The van der Waals surface area contributed by atoms with E-state index in [-0.39, 0.29) is 0 Å². The topological polar surface area (TPSA) is 34.6 Å². The minimum Gasteiger partial charge on any atom is -0.497 e. The maximum atomic E-state index is 6.12. The molecule has 1 aromatic heterocycles. The highest BCUT2D eigenvalue weighted by atomic mass is 16.5. The molecule has 2 heterocycles. The Kier molecular flexibility index (Phi) is 3.82. The van der Waals surface area contributed by atoms with Crippen molar-refractivity contribution in [3.8, 4) is 11.5 Å². The largest absolute Gasteiger partial charge is 0.497 e. The van der Waals surface area contributed by atoms with Crippen LogP contribution in [0.3, 0.4) is 0 Å². The lowest BCUT2D eigenvalue weighted by Gasteiger charge is -2.30. The predicted molar refractivity (Wildman–Crippen MR) is 94.2 cm³/mol. The summed E-state index contributed by atoms with van der Waals surface area (Å²) in [5.74, 6) is 1.78. The Bertz CT molecular complexity index is 878. The number of fused-ring (bicyclic) bond motifs is 3. The summed E-state index contributed by atoms with van der Waals surface area (Å²) in [4.78, 5) is 7.05. The van der Waals surface area contributed by atoms with E-state index in [4.69, 9.17) is 14.5 Å². The number of aromatic nitrogens is 1. The summed E-state index contributed by atoms with van der Waals surface area (Å²) < 4.78 is 11.4. The van der Waals surface area contributed by atoms with Gasteiger partial charge in [-0.25, -0.2) is 0 Å². The second kappa shape index (κ2) is 6.13. The van der Waals surface area contributed by atoms with E-state index in [0.717, 1.165) is 41.2 Å². The van der Waals surface area contributed by atoms with E-state index in [1.165, 1.54) is 11.1 Å². The number of rotatable bonds is 3. The van der Waals surface area contributed by atoms with Gasteiger partial charge in [-0.1, -0.05) is 30.3 Å². The van der Waals surface area contributed by atoms with Crippen molar-refractivity contribution in [2.75, 3.05) is 13.8 Å². The molecule has 122 valence electrons. The Morgan fingerprint density at radius 3 is 2.79 bits per heavy atom. The van der Waals surface area contributed by atoms with Gasteiger partial charge >= 0.3 is 0 Å². The van der Waals surface area contributed by atoms with Crippen LogP contribution in [0.15, 0.2) is 48.5 Å². The monoisotopic (exact) mass is 320 g/mol. The van der Waals surface area contributed by atoms with Gasteiger partial charge in [0.1, 0.15) is 18.2 Å². The maximum absolute atomic E-state index is 6.12. The van der Waals surface area contributed by atoms with E-state index in [9.17, 15) is 0 Å². The molecule has 2 aromatic carbocycles. The standard InChI is InChI=1S/C20H20N2O2/c1-14-18-12-22(11-15-6-4-3-5-7-15)13-24-20(18)17-9-8-16(23-2)10-19(17)21-14/h3-10H,11-13H2,1-2H3. The van der Waals surface area contributed by atoms with Crippen molar-refractivity contribution in [3.63, 3.8) is 0 Å². The molecule has 0 bridgehead atoms. The first-order valence-electron chi connectivity index (χ1n) is 8.11. The van der Waals surface area contributed by atoms with Crippen molar-refractivity contribution in [2.24, 2.45) is 0 Å². The van der Waals surface area contributed by atoms with E-state index in [0.29, 0.717) is 6.73 Å². The van der Waals surface area contributed by atoms with Crippen molar-refractivity contribution >= 4 is 10.9 Å². The first kappa shape index (κ1) is 15.0. The first-order chi connectivity index (χ1) is 11.7. The fraction of sp³-hybridized carbons (Fsp3) is 0.250. The van der Waals surface area contributed by atoms with Gasteiger partial charge in [0.15, 0.2) is 0 Å². The minimum absolute atomic E-state index is 0.590. The summed E-state index contributed by atoms with van der Waals surface area (Å²) in [6.07, 6.45) is 0. The minimum atomic E-state index is 0.590. The summed E-state index contributed by atoms with van der Waals surface area (Å²) in [5.41, 5.74) is 4.40. The van der Waals surface area contributed by atoms with Gasteiger partial charge in [-0.05, 0) is 24.6 Å². The number of aryl methyl sites for hydroxylation is 1. The molecule has 4 rings (SSSR count). The quantitative estimate of drug-likeness (QED) is 0.733. The number of hydrogen-bond acceptors (Lipinski definition) is 4. The Labute approximate surface area is 141 Å². The second-order valence-electron chi connectivity index (χ2n) is 6.13. The number of pyridine rings is 1. The van der Waals surface area contributed by atoms with E-state index in [1.807, 2.05) is 31.2 Å². The van der Waals surface area contributed by atoms with Crippen LogP contribution in [-0.4, -0.2) is 23.7 Å². The smallest absolute Gasteiger partial charge is 0.142 e. The number of methoxy groups -OCH3 is 1. The molecule has 0 spiro atoms. The molecule has 1 aliphatic heterocycles. The summed E-state index contributed by atoms with van der Waals surface area (Å²) in [6, 6.07) is 16.4. The molecule has 24 heavy (non-hydrogen) atoms. The molecule has 0 aliphatic carbocycles. The van der Waals surface area contributed by atoms with Crippen LogP contribution in [0.5, 0.6) is 11.5 Å². The molecule has 0 unspecified atom stereocenters. The Morgan fingerprint density at radius 2 is 2.00 bits per heavy atom. The van der Waals surface area contributed by atoms with E-state index < -0.39 is 0 Å². The zero-order valence-electron chi connectivity index (χ0n) is 14.0. The van der Waals surface area contributed by atoms with Crippen molar-refractivity contribution < 1.29 is 9.47 Å². The zero-order valence-corrected chi connectivity index (χ0v) is 14.0. The summed E-state index contributed by atoms with van der Waals surface area (Å²) in [6.45, 7) is 4.37. The fourth-order valence-corrected chi connectivity index (χ4v) is 3.22. The molecular weight excluding hydrogens is 300 g/mol. The molecule has 0 fully saturated rings. The Hall–Kier alpha value is -2.59. The number of ether oxygens (including phenoxy) is 2. The maximum Gasteiger partial charge on any atom is 0.142 e. The third-order valence-corrected chi connectivity index (χ3v) is 4.47. The van der Waals surface area contributed by atoms with E-state index in [2.05, 4.69) is 29.2 Å². The molecule has 0 N–H and O–H groups in total. The average molecular weight is 320 g/mol. The normalized spacial score (nSPS) is 14.2. The highest BCUT2D eigenvalue weighted by molar-refractivity contribution is 5.88. The molecule has 0 saturated heterocycles. The third kappa shape index (κ3) is 2.69. The highest BCUT2D eigenvalue weighted by Gasteiger charge is 2.22. The highest BCUT2D eigenvalue weighted by Crippen LogP contribution is 2.36. The van der Waals surface area contributed by atoms with Crippen LogP contribution in [0, 0.1) is 6.92 Å². The molecule has 0 saturated carbocycles. The number of hydrogen-bond donors (Lipinski definition) is 0. The fourth-order valence-electron chi connectivity index (χ4n) is 3.22. The zero-order chi connectivity index (χ0) is 16.5. The molecule has 4 nitrogen and oxygen atoms in total. The molecule has 0 atom stereocenters. The van der Waals surface area contributed by atoms with Crippen LogP contribution >= 0.6 is 0 Å². The summed E-state index contributed by atoms with van der Waals surface area (Å²) in [7, 11) is 1.67. The van der Waals surface area contributed by atoms with E-state index in [1.54, 1.807) is 7.11 Å². The molecule has 0 amide bonds.